The lowest BCUT2D eigenvalue weighted by molar-refractivity contribution is 0.546. The minimum Gasteiger partial charge on any atom is -0.290 e. The van der Waals surface area contributed by atoms with Crippen LogP contribution in [0.2, 0.25) is 0 Å². The molecule has 1 unspecified atom stereocenters. The topological polar surface area (TPSA) is 17.1 Å². The monoisotopic (exact) mass is 133 g/mol. The first-order chi connectivity index (χ1) is 4.84. The molecule has 1 heteroatoms. The Kier molecular flexibility index (Phi) is 2.21. The van der Waals surface area contributed by atoms with Crippen molar-refractivity contribution in [2.45, 2.75) is 12.8 Å². The van der Waals surface area contributed by atoms with Crippen LogP contribution in [-0.2, 0) is 4.79 Å². The van der Waals surface area contributed by atoms with Crippen LogP contribution in [0.1, 0.15) is 18.4 Å². The SMILES string of the molecule is CC([C]=O)c1ccccc1. The second-order valence-electron chi connectivity index (χ2n) is 2.25. The van der Waals surface area contributed by atoms with E-state index in [1.54, 1.807) is 0 Å². The molecule has 0 aliphatic rings. The first-order valence-corrected chi connectivity index (χ1v) is 3.27. The summed E-state index contributed by atoms with van der Waals surface area (Å²) in [5, 5.41) is 0. The summed E-state index contributed by atoms with van der Waals surface area (Å²) in [6.07, 6.45) is 1.93. The molecule has 0 spiro atoms. The molecule has 0 aliphatic carbocycles. The van der Waals surface area contributed by atoms with Crippen molar-refractivity contribution in [2.24, 2.45) is 0 Å². The third-order valence-electron chi connectivity index (χ3n) is 1.48. The molecule has 0 fully saturated rings. The molecule has 51 valence electrons. The van der Waals surface area contributed by atoms with Crippen LogP contribution in [0.4, 0.5) is 0 Å². The highest BCUT2D eigenvalue weighted by Gasteiger charge is 2.01. The summed E-state index contributed by atoms with van der Waals surface area (Å²) >= 11 is 0. The van der Waals surface area contributed by atoms with Gasteiger partial charge in [0.15, 0.2) is 0 Å². The van der Waals surface area contributed by atoms with Crippen LogP contribution in [0.15, 0.2) is 30.3 Å². The van der Waals surface area contributed by atoms with Gasteiger partial charge in [0.1, 0.15) is 0 Å². The van der Waals surface area contributed by atoms with Crippen molar-refractivity contribution in [3.63, 3.8) is 0 Å². The molecule has 0 N–H and O–H groups in total. The van der Waals surface area contributed by atoms with E-state index in [1.165, 1.54) is 0 Å². The summed E-state index contributed by atoms with van der Waals surface area (Å²) < 4.78 is 0. The van der Waals surface area contributed by atoms with Gasteiger partial charge in [-0.1, -0.05) is 37.3 Å². The van der Waals surface area contributed by atoms with Crippen molar-refractivity contribution in [3.05, 3.63) is 35.9 Å². The maximum atomic E-state index is 10.2. The molecule has 1 radical (unpaired) electrons. The molecule has 0 saturated heterocycles. The van der Waals surface area contributed by atoms with Gasteiger partial charge in [0.2, 0.25) is 6.29 Å². The van der Waals surface area contributed by atoms with Crippen LogP contribution in [0.5, 0.6) is 0 Å². The van der Waals surface area contributed by atoms with Gasteiger partial charge in [0, 0.05) is 5.92 Å². The Bertz CT molecular complexity index is 203. The van der Waals surface area contributed by atoms with Crippen molar-refractivity contribution in [1.29, 1.82) is 0 Å². The van der Waals surface area contributed by atoms with Gasteiger partial charge in [-0.05, 0) is 5.56 Å². The zero-order valence-electron chi connectivity index (χ0n) is 5.87. The number of rotatable bonds is 2. The normalized spacial score (nSPS) is 12.5. The average Bonchev–Trinajstić information content (AvgIpc) is 2.05. The third-order valence-corrected chi connectivity index (χ3v) is 1.48. The van der Waals surface area contributed by atoms with Gasteiger partial charge >= 0.3 is 0 Å². The van der Waals surface area contributed by atoms with Gasteiger partial charge in [-0.3, -0.25) is 4.79 Å². The van der Waals surface area contributed by atoms with E-state index in [0.717, 1.165) is 5.56 Å². The highest BCUT2D eigenvalue weighted by molar-refractivity contribution is 5.61. The first-order valence-electron chi connectivity index (χ1n) is 3.27. The Morgan fingerprint density at radius 1 is 1.30 bits per heavy atom. The molecular formula is C9H9O. The summed E-state index contributed by atoms with van der Waals surface area (Å²) in [5.74, 6) is -0.0961. The Hall–Kier alpha value is -1.11. The maximum absolute atomic E-state index is 10.2. The molecule has 0 saturated carbocycles. The lowest BCUT2D eigenvalue weighted by atomic mass is 10.0. The summed E-state index contributed by atoms with van der Waals surface area (Å²) in [5.41, 5.74) is 1.03. The summed E-state index contributed by atoms with van der Waals surface area (Å²) in [6, 6.07) is 9.62. The molecule has 0 amide bonds. The van der Waals surface area contributed by atoms with Crippen LogP contribution in [0.3, 0.4) is 0 Å². The fourth-order valence-corrected chi connectivity index (χ4v) is 0.810. The van der Waals surface area contributed by atoms with E-state index in [1.807, 2.05) is 43.5 Å². The van der Waals surface area contributed by atoms with Gasteiger partial charge in [-0.2, -0.15) is 0 Å². The minimum absolute atomic E-state index is 0.0961. The molecule has 0 heterocycles. The Balaban J connectivity index is 2.84. The van der Waals surface area contributed by atoms with E-state index in [0.29, 0.717) is 0 Å². The second-order valence-corrected chi connectivity index (χ2v) is 2.25. The second kappa shape index (κ2) is 3.16. The first kappa shape index (κ1) is 7.00. The van der Waals surface area contributed by atoms with Gasteiger partial charge in [-0.15, -0.1) is 0 Å². The van der Waals surface area contributed by atoms with Crippen molar-refractivity contribution in [1.82, 2.24) is 0 Å². The Morgan fingerprint density at radius 2 is 1.90 bits per heavy atom. The number of hydrogen-bond acceptors (Lipinski definition) is 1. The molecule has 0 aliphatic heterocycles. The third kappa shape index (κ3) is 1.44. The van der Waals surface area contributed by atoms with Crippen molar-refractivity contribution >= 4 is 6.29 Å². The van der Waals surface area contributed by atoms with E-state index >= 15 is 0 Å². The van der Waals surface area contributed by atoms with Gasteiger partial charge in [0.05, 0.1) is 0 Å². The van der Waals surface area contributed by atoms with E-state index in [-0.39, 0.29) is 5.92 Å². The molecule has 10 heavy (non-hydrogen) atoms. The molecule has 1 aromatic rings. The number of hydrogen-bond donors (Lipinski definition) is 0. The average molecular weight is 133 g/mol. The molecular weight excluding hydrogens is 124 g/mol. The Morgan fingerprint density at radius 3 is 2.40 bits per heavy atom. The van der Waals surface area contributed by atoms with Gasteiger partial charge in [0.25, 0.3) is 0 Å². The maximum Gasteiger partial charge on any atom is 0.206 e. The van der Waals surface area contributed by atoms with Crippen LogP contribution in [0.25, 0.3) is 0 Å². The van der Waals surface area contributed by atoms with Gasteiger partial charge in [-0.25, -0.2) is 0 Å². The van der Waals surface area contributed by atoms with Crippen molar-refractivity contribution in [2.75, 3.05) is 0 Å². The Labute approximate surface area is 60.7 Å². The van der Waals surface area contributed by atoms with E-state index in [9.17, 15) is 4.79 Å². The lowest BCUT2D eigenvalue weighted by Crippen LogP contribution is -1.92. The molecule has 1 aromatic carbocycles. The molecule has 1 rings (SSSR count). The molecule has 0 aromatic heterocycles. The zero-order chi connectivity index (χ0) is 7.40. The predicted molar refractivity (Wildman–Crippen MR) is 40.6 cm³/mol. The van der Waals surface area contributed by atoms with E-state index in [4.69, 9.17) is 0 Å². The largest absolute Gasteiger partial charge is 0.290 e. The highest BCUT2D eigenvalue weighted by atomic mass is 16.1. The molecule has 0 bridgehead atoms. The highest BCUT2D eigenvalue weighted by Crippen LogP contribution is 2.10. The standard InChI is InChI=1S/C9H9O/c1-8(7-10)9-5-3-2-4-6-9/h2-6,8H,1H3. The number of benzene rings is 1. The van der Waals surface area contributed by atoms with E-state index in [2.05, 4.69) is 0 Å². The van der Waals surface area contributed by atoms with Crippen LogP contribution in [0, 0.1) is 0 Å². The predicted octanol–water partition coefficient (Wildman–Crippen LogP) is 1.90. The van der Waals surface area contributed by atoms with Crippen LogP contribution >= 0.6 is 0 Å². The summed E-state index contributed by atoms with van der Waals surface area (Å²) in [4.78, 5) is 10.2. The molecule has 1 nitrogen and oxygen atoms in total. The quantitative estimate of drug-likeness (QED) is 0.602. The summed E-state index contributed by atoms with van der Waals surface area (Å²) in [7, 11) is 0. The smallest absolute Gasteiger partial charge is 0.206 e. The molecule has 1 atom stereocenters. The lowest BCUT2D eigenvalue weighted by Gasteiger charge is -1.99. The van der Waals surface area contributed by atoms with Crippen molar-refractivity contribution < 1.29 is 4.79 Å². The fourth-order valence-electron chi connectivity index (χ4n) is 0.810. The van der Waals surface area contributed by atoms with Crippen molar-refractivity contribution in [3.8, 4) is 0 Å². The number of carbonyl (C=O) groups excluding carboxylic acids is 1. The van der Waals surface area contributed by atoms with Gasteiger partial charge < -0.3 is 0 Å². The minimum atomic E-state index is -0.0961. The fraction of sp³-hybridized carbons (Fsp3) is 0.222. The van der Waals surface area contributed by atoms with E-state index < -0.39 is 0 Å². The van der Waals surface area contributed by atoms with Crippen LogP contribution < -0.4 is 0 Å². The van der Waals surface area contributed by atoms with Crippen LogP contribution in [-0.4, -0.2) is 6.29 Å². The zero-order valence-corrected chi connectivity index (χ0v) is 5.87. The summed E-state index contributed by atoms with van der Waals surface area (Å²) in [6.45, 7) is 1.84.